The second-order valence-electron chi connectivity index (χ2n) is 4.74. The summed E-state index contributed by atoms with van der Waals surface area (Å²) in [5.74, 6) is 0.123. The predicted octanol–water partition coefficient (Wildman–Crippen LogP) is 2.35. The first-order valence-corrected chi connectivity index (χ1v) is 6.28. The van der Waals surface area contributed by atoms with Crippen LogP contribution in [-0.2, 0) is 4.79 Å². The van der Waals surface area contributed by atoms with E-state index < -0.39 is 0 Å². The molecule has 1 aromatic carbocycles. The zero-order chi connectivity index (χ0) is 12.3. The van der Waals surface area contributed by atoms with Crippen molar-refractivity contribution in [2.24, 2.45) is 0 Å². The first-order chi connectivity index (χ1) is 8.18. The van der Waals surface area contributed by atoms with E-state index in [4.69, 9.17) is 0 Å². The third kappa shape index (κ3) is 3.47. The van der Waals surface area contributed by atoms with Gasteiger partial charge in [-0.25, -0.2) is 0 Å². The number of benzene rings is 1. The molecule has 1 aliphatic rings. The van der Waals surface area contributed by atoms with Gasteiger partial charge in [0, 0.05) is 0 Å². The van der Waals surface area contributed by atoms with Gasteiger partial charge in [-0.1, -0.05) is 24.3 Å². The quantitative estimate of drug-likeness (QED) is 0.884. The molecule has 0 aliphatic carbocycles. The largest absolute Gasteiger partial charge is 0.348 e. The zero-order valence-electron chi connectivity index (χ0n) is 10.9. The van der Waals surface area contributed by atoms with Crippen LogP contribution in [0.2, 0.25) is 0 Å². The van der Waals surface area contributed by atoms with Crippen molar-refractivity contribution in [3.8, 4) is 0 Å². The molecule has 0 saturated carbocycles. The topological polar surface area (TPSA) is 41.1 Å². The van der Waals surface area contributed by atoms with Crippen molar-refractivity contribution in [1.82, 2.24) is 10.6 Å². The standard InChI is InChI=1S/C14H20N2O.ClH/c1-10-6-3-4-7-12(10)11(2)16-14(17)13-8-5-9-15-13;/h3-4,6-7,11,13,15H,5,8-9H2,1-2H3,(H,16,17);1H/t11?,13-;/m0./s1. The van der Waals surface area contributed by atoms with Gasteiger partial charge in [-0.15, -0.1) is 12.4 Å². The molecular weight excluding hydrogens is 248 g/mol. The summed E-state index contributed by atoms with van der Waals surface area (Å²) in [6, 6.07) is 8.26. The van der Waals surface area contributed by atoms with E-state index in [2.05, 4.69) is 29.7 Å². The van der Waals surface area contributed by atoms with Crippen molar-refractivity contribution in [3.05, 3.63) is 35.4 Å². The van der Waals surface area contributed by atoms with Crippen LogP contribution in [0.25, 0.3) is 0 Å². The summed E-state index contributed by atoms with van der Waals surface area (Å²) in [6.07, 6.45) is 2.04. The molecule has 0 spiro atoms. The van der Waals surface area contributed by atoms with Crippen LogP contribution < -0.4 is 10.6 Å². The van der Waals surface area contributed by atoms with E-state index in [-0.39, 0.29) is 30.4 Å². The van der Waals surface area contributed by atoms with Crippen LogP contribution in [0.5, 0.6) is 0 Å². The fourth-order valence-electron chi connectivity index (χ4n) is 2.37. The zero-order valence-corrected chi connectivity index (χ0v) is 11.7. The Labute approximate surface area is 115 Å². The van der Waals surface area contributed by atoms with Crippen molar-refractivity contribution in [2.45, 2.75) is 38.8 Å². The van der Waals surface area contributed by atoms with Crippen molar-refractivity contribution in [2.75, 3.05) is 6.54 Å². The molecule has 2 atom stereocenters. The maximum Gasteiger partial charge on any atom is 0.237 e. The first kappa shape index (κ1) is 15.0. The summed E-state index contributed by atoms with van der Waals surface area (Å²) in [7, 11) is 0. The molecule has 2 rings (SSSR count). The number of carbonyl (C=O) groups excluding carboxylic acids is 1. The minimum atomic E-state index is 0. The van der Waals surface area contributed by atoms with Crippen LogP contribution in [0, 0.1) is 6.92 Å². The van der Waals surface area contributed by atoms with E-state index in [1.54, 1.807) is 0 Å². The highest BCUT2D eigenvalue weighted by Crippen LogP contribution is 2.17. The highest BCUT2D eigenvalue weighted by atomic mass is 35.5. The highest BCUT2D eigenvalue weighted by molar-refractivity contribution is 5.85. The van der Waals surface area contributed by atoms with Gasteiger partial charge in [0.15, 0.2) is 0 Å². The highest BCUT2D eigenvalue weighted by Gasteiger charge is 2.23. The number of nitrogens with one attached hydrogen (secondary N) is 2. The molecule has 3 nitrogen and oxygen atoms in total. The third-order valence-corrected chi connectivity index (χ3v) is 3.39. The summed E-state index contributed by atoms with van der Waals surface area (Å²) in [6.45, 7) is 5.07. The monoisotopic (exact) mass is 268 g/mol. The summed E-state index contributed by atoms with van der Waals surface area (Å²) < 4.78 is 0. The fourth-order valence-corrected chi connectivity index (χ4v) is 2.37. The molecule has 1 aliphatic heterocycles. The molecule has 0 bridgehead atoms. The van der Waals surface area contributed by atoms with Gasteiger partial charge in [0.05, 0.1) is 12.1 Å². The lowest BCUT2D eigenvalue weighted by atomic mass is 10.0. The molecule has 1 fully saturated rings. The Bertz CT molecular complexity index is 403. The van der Waals surface area contributed by atoms with Crippen LogP contribution in [-0.4, -0.2) is 18.5 Å². The van der Waals surface area contributed by atoms with Gasteiger partial charge in [0.25, 0.3) is 0 Å². The van der Waals surface area contributed by atoms with E-state index >= 15 is 0 Å². The lowest BCUT2D eigenvalue weighted by Gasteiger charge is -2.19. The third-order valence-electron chi connectivity index (χ3n) is 3.39. The number of rotatable bonds is 3. The summed E-state index contributed by atoms with van der Waals surface area (Å²) in [4.78, 5) is 12.0. The molecular formula is C14H21ClN2O. The summed E-state index contributed by atoms with van der Waals surface area (Å²) >= 11 is 0. The Hall–Kier alpha value is -1.06. The Morgan fingerprint density at radius 1 is 1.44 bits per heavy atom. The van der Waals surface area contributed by atoms with E-state index in [9.17, 15) is 4.79 Å². The Morgan fingerprint density at radius 3 is 2.78 bits per heavy atom. The van der Waals surface area contributed by atoms with Crippen LogP contribution in [0.1, 0.15) is 36.9 Å². The van der Waals surface area contributed by atoms with Gasteiger partial charge in [0.1, 0.15) is 0 Å². The van der Waals surface area contributed by atoms with Crippen LogP contribution in [0.3, 0.4) is 0 Å². The molecule has 1 unspecified atom stereocenters. The van der Waals surface area contributed by atoms with E-state index in [1.807, 2.05) is 19.1 Å². The average Bonchev–Trinajstić information content (AvgIpc) is 2.82. The molecule has 0 aromatic heterocycles. The Kier molecular flexibility index (Phi) is 5.63. The number of carbonyl (C=O) groups is 1. The van der Waals surface area contributed by atoms with Gasteiger partial charge < -0.3 is 10.6 Å². The van der Waals surface area contributed by atoms with Crippen LogP contribution in [0.4, 0.5) is 0 Å². The van der Waals surface area contributed by atoms with Gasteiger partial charge in [-0.3, -0.25) is 4.79 Å². The normalized spacial score (nSPS) is 20.0. The number of hydrogen-bond donors (Lipinski definition) is 2. The molecule has 1 aromatic rings. The maximum atomic E-state index is 12.0. The maximum absolute atomic E-state index is 12.0. The van der Waals surface area contributed by atoms with Gasteiger partial charge in [0.2, 0.25) is 5.91 Å². The summed E-state index contributed by atoms with van der Waals surface area (Å²) in [5.41, 5.74) is 2.42. The molecule has 1 saturated heterocycles. The lowest BCUT2D eigenvalue weighted by molar-refractivity contribution is -0.123. The van der Waals surface area contributed by atoms with Crippen LogP contribution >= 0.6 is 12.4 Å². The number of halogens is 1. The second kappa shape index (κ2) is 6.76. The molecule has 100 valence electrons. The van der Waals surface area contributed by atoms with E-state index in [0.717, 1.165) is 19.4 Å². The van der Waals surface area contributed by atoms with Crippen molar-refractivity contribution in [3.63, 3.8) is 0 Å². The molecule has 0 radical (unpaired) electrons. The van der Waals surface area contributed by atoms with Crippen molar-refractivity contribution in [1.29, 1.82) is 0 Å². The predicted molar refractivity (Wildman–Crippen MR) is 76.0 cm³/mol. The van der Waals surface area contributed by atoms with Gasteiger partial charge >= 0.3 is 0 Å². The lowest BCUT2D eigenvalue weighted by Crippen LogP contribution is -2.41. The molecule has 1 amide bonds. The Balaban J connectivity index is 0.00000162. The van der Waals surface area contributed by atoms with E-state index in [1.165, 1.54) is 11.1 Å². The average molecular weight is 269 g/mol. The minimum absolute atomic E-state index is 0. The smallest absolute Gasteiger partial charge is 0.237 e. The number of amides is 1. The van der Waals surface area contributed by atoms with Gasteiger partial charge in [-0.05, 0) is 44.4 Å². The number of aryl methyl sites for hydroxylation is 1. The molecule has 4 heteroatoms. The second-order valence-corrected chi connectivity index (χ2v) is 4.74. The molecule has 18 heavy (non-hydrogen) atoms. The van der Waals surface area contributed by atoms with Crippen molar-refractivity contribution < 1.29 is 4.79 Å². The van der Waals surface area contributed by atoms with Crippen LogP contribution in [0.15, 0.2) is 24.3 Å². The number of hydrogen-bond acceptors (Lipinski definition) is 2. The molecule has 2 N–H and O–H groups in total. The van der Waals surface area contributed by atoms with Crippen molar-refractivity contribution >= 4 is 18.3 Å². The first-order valence-electron chi connectivity index (χ1n) is 6.28. The summed E-state index contributed by atoms with van der Waals surface area (Å²) in [5, 5.41) is 6.29. The fraction of sp³-hybridized carbons (Fsp3) is 0.500. The minimum Gasteiger partial charge on any atom is -0.348 e. The van der Waals surface area contributed by atoms with Gasteiger partial charge in [-0.2, -0.15) is 0 Å². The Morgan fingerprint density at radius 2 is 2.17 bits per heavy atom. The SMILES string of the molecule is Cc1ccccc1C(C)NC(=O)[C@@H]1CCCN1.Cl. The molecule has 1 heterocycles. The van der Waals surface area contributed by atoms with E-state index in [0.29, 0.717) is 0 Å².